The van der Waals surface area contributed by atoms with Gasteiger partial charge in [0, 0.05) is 24.0 Å². The maximum atomic E-state index is 9.64. The number of nitrogens with one attached hydrogen (secondary N) is 1. The molecule has 0 aliphatic rings. The molecule has 0 aliphatic carbocycles. The summed E-state index contributed by atoms with van der Waals surface area (Å²) in [4.78, 5) is 4.16. The van der Waals surface area contributed by atoms with E-state index in [1.165, 1.54) is 0 Å². The number of phenols is 1. The number of anilines is 1. The van der Waals surface area contributed by atoms with Gasteiger partial charge in [-0.15, -0.1) is 0 Å². The van der Waals surface area contributed by atoms with Gasteiger partial charge in [-0.1, -0.05) is 6.07 Å². The minimum atomic E-state index is 0.317. The number of rotatable bonds is 4. The van der Waals surface area contributed by atoms with Crippen molar-refractivity contribution >= 4 is 5.69 Å². The first-order valence-electron chi connectivity index (χ1n) is 6.12. The zero-order chi connectivity index (χ0) is 13.1. The monoisotopic (exact) mass is 245 g/mol. The van der Waals surface area contributed by atoms with Gasteiger partial charge in [0.2, 0.25) is 0 Å². The number of aryl methyl sites for hydroxylation is 1. The molecule has 4 heteroatoms. The molecule has 0 aliphatic heterocycles. The molecule has 18 heavy (non-hydrogen) atoms. The Morgan fingerprint density at radius 3 is 2.83 bits per heavy atom. The first-order chi connectivity index (χ1) is 8.58. The lowest BCUT2D eigenvalue weighted by molar-refractivity contribution is 0.471. The van der Waals surface area contributed by atoms with Crippen LogP contribution in [0.5, 0.6) is 5.75 Å². The van der Waals surface area contributed by atoms with Gasteiger partial charge in [0.15, 0.2) is 0 Å². The second kappa shape index (κ2) is 5.12. The molecule has 96 valence electrons. The van der Waals surface area contributed by atoms with Crippen LogP contribution in [-0.4, -0.2) is 14.7 Å². The van der Waals surface area contributed by atoms with Crippen molar-refractivity contribution < 1.29 is 5.11 Å². The molecule has 0 amide bonds. The quantitative estimate of drug-likeness (QED) is 0.870. The molecule has 0 saturated carbocycles. The van der Waals surface area contributed by atoms with Crippen molar-refractivity contribution in [3.05, 3.63) is 42.0 Å². The van der Waals surface area contributed by atoms with Gasteiger partial charge in [0.05, 0.1) is 18.6 Å². The molecule has 2 N–H and O–H groups in total. The molecule has 0 bridgehead atoms. The molecule has 1 heterocycles. The summed E-state index contributed by atoms with van der Waals surface area (Å²) in [5, 5.41) is 12.9. The molecule has 1 aromatic heterocycles. The highest BCUT2D eigenvalue weighted by molar-refractivity contribution is 5.50. The highest BCUT2D eigenvalue weighted by Gasteiger charge is 2.05. The largest absolute Gasteiger partial charge is 0.508 e. The Morgan fingerprint density at radius 1 is 1.39 bits per heavy atom. The third-order valence-corrected chi connectivity index (χ3v) is 2.99. The van der Waals surface area contributed by atoms with Crippen LogP contribution < -0.4 is 5.32 Å². The average Bonchev–Trinajstić information content (AvgIpc) is 2.79. The van der Waals surface area contributed by atoms with E-state index in [0.29, 0.717) is 18.3 Å². The van der Waals surface area contributed by atoms with Gasteiger partial charge < -0.3 is 15.0 Å². The molecular weight excluding hydrogens is 226 g/mol. The molecule has 0 atom stereocenters. The van der Waals surface area contributed by atoms with Crippen LogP contribution in [0.15, 0.2) is 30.7 Å². The van der Waals surface area contributed by atoms with Gasteiger partial charge in [-0.2, -0.15) is 0 Å². The molecule has 0 spiro atoms. The molecule has 0 unspecified atom stereocenters. The smallest absolute Gasteiger partial charge is 0.120 e. The van der Waals surface area contributed by atoms with E-state index in [1.807, 2.05) is 31.6 Å². The first kappa shape index (κ1) is 12.5. The van der Waals surface area contributed by atoms with E-state index < -0.39 is 0 Å². The lowest BCUT2D eigenvalue weighted by Crippen LogP contribution is -2.08. The number of nitrogens with zero attached hydrogens (tertiary/aromatic N) is 2. The van der Waals surface area contributed by atoms with Crippen LogP contribution >= 0.6 is 0 Å². The van der Waals surface area contributed by atoms with E-state index in [1.54, 1.807) is 6.07 Å². The fraction of sp³-hybridized carbons (Fsp3) is 0.357. The summed E-state index contributed by atoms with van der Waals surface area (Å²) in [7, 11) is 0. The Kier molecular flexibility index (Phi) is 3.55. The number of aromatic hydroxyl groups is 1. The number of aromatic nitrogens is 2. The predicted molar refractivity (Wildman–Crippen MR) is 72.8 cm³/mol. The predicted octanol–water partition coefficient (Wildman–Crippen LogP) is 3.09. The van der Waals surface area contributed by atoms with Crippen molar-refractivity contribution in [3.63, 3.8) is 0 Å². The molecule has 2 rings (SSSR count). The Labute approximate surface area is 107 Å². The van der Waals surface area contributed by atoms with Crippen LogP contribution in [0.2, 0.25) is 0 Å². The van der Waals surface area contributed by atoms with E-state index in [9.17, 15) is 5.11 Å². The number of imidazole rings is 1. The van der Waals surface area contributed by atoms with Crippen molar-refractivity contribution in [2.45, 2.75) is 33.4 Å². The molecule has 1 aromatic carbocycles. The Balaban J connectivity index is 2.07. The van der Waals surface area contributed by atoms with Crippen LogP contribution in [0.4, 0.5) is 5.69 Å². The van der Waals surface area contributed by atoms with E-state index >= 15 is 0 Å². The van der Waals surface area contributed by atoms with Crippen molar-refractivity contribution in [1.29, 1.82) is 0 Å². The summed E-state index contributed by atoms with van der Waals surface area (Å²) in [6, 6.07) is 6.00. The van der Waals surface area contributed by atoms with Crippen molar-refractivity contribution in [2.75, 3.05) is 5.32 Å². The summed E-state index contributed by atoms with van der Waals surface area (Å²) in [6.45, 7) is 6.83. The fourth-order valence-electron chi connectivity index (χ4n) is 1.85. The number of phenolic OH excluding ortho intramolecular Hbond substituents is 1. The minimum Gasteiger partial charge on any atom is -0.508 e. The van der Waals surface area contributed by atoms with Gasteiger partial charge in [0.25, 0.3) is 0 Å². The van der Waals surface area contributed by atoms with E-state index in [-0.39, 0.29) is 0 Å². The highest BCUT2D eigenvalue weighted by Crippen LogP contribution is 2.21. The van der Waals surface area contributed by atoms with Crippen LogP contribution in [0.3, 0.4) is 0 Å². The molecule has 4 nitrogen and oxygen atoms in total. The SMILES string of the molecule is Cc1ccc(NCc2cncn2C(C)C)cc1O. The van der Waals surface area contributed by atoms with E-state index in [2.05, 4.69) is 28.7 Å². The molecule has 2 aromatic rings. The summed E-state index contributed by atoms with van der Waals surface area (Å²) in [5.74, 6) is 0.317. The van der Waals surface area contributed by atoms with Gasteiger partial charge in [-0.05, 0) is 32.4 Å². The van der Waals surface area contributed by atoms with Crippen LogP contribution in [-0.2, 0) is 6.54 Å². The summed E-state index contributed by atoms with van der Waals surface area (Å²) in [6.07, 6.45) is 3.70. The maximum Gasteiger partial charge on any atom is 0.120 e. The molecule has 0 saturated heterocycles. The second-order valence-electron chi connectivity index (χ2n) is 4.74. The van der Waals surface area contributed by atoms with Crippen molar-refractivity contribution in [1.82, 2.24) is 9.55 Å². The lowest BCUT2D eigenvalue weighted by Gasteiger charge is -2.13. The lowest BCUT2D eigenvalue weighted by atomic mass is 10.2. The first-order valence-corrected chi connectivity index (χ1v) is 6.12. The number of hydrogen-bond donors (Lipinski definition) is 2. The van der Waals surface area contributed by atoms with E-state index in [4.69, 9.17) is 0 Å². The average molecular weight is 245 g/mol. The molecular formula is C14H19N3O. The molecule has 0 radical (unpaired) electrons. The Bertz CT molecular complexity index is 532. The third-order valence-electron chi connectivity index (χ3n) is 2.99. The third kappa shape index (κ3) is 2.64. The summed E-state index contributed by atoms with van der Waals surface area (Å²) >= 11 is 0. The van der Waals surface area contributed by atoms with Crippen LogP contribution in [0.25, 0.3) is 0 Å². The number of benzene rings is 1. The van der Waals surface area contributed by atoms with Crippen LogP contribution in [0, 0.1) is 6.92 Å². The van der Waals surface area contributed by atoms with Gasteiger partial charge in [-0.3, -0.25) is 0 Å². The highest BCUT2D eigenvalue weighted by atomic mass is 16.3. The zero-order valence-electron chi connectivity index (χ0n) is 11.0. The second-order valence-corrected chi connectivity index (χ2v) is 4.74. The van der Waals surface area contributed by atoms with Gasteiger partial charge in [-0.25, -0.2) is 4.98 Å². The van der Waals surface area contributed by atoms with Crippen LogP contribution in [0.1, 0.15) is 31.1 Å². The van der Waals surface area contributed by atoms with Gasteiger partial charge >= 0.3 is 0 Å². The summed E-state index contributed by atoms with van der Waals surface area (Å²) in [5.41, 5.74) is 2.92. The fourth-order valence-corrected chi connectivity index (χ4v) is 1.85. The number of hydrogen-bond acceptors (Lipinski definition) is 3. The standard InChI is InChI=1S/C14H19N3O/c1-10(2)17-9-15-7-13(17)8-16-12-5-4-11(3)14(18)6-12/h4-7,9-10,16,18H,8H2,1-3H3. The molecule has 0 fully saturated rings. The van der Waals surface area contributed by atoms with Crippen molar-refractivity contribution in [3.8, 4) is 5.75 Å². The maximum absolute atomic E-state index is 9.64. The summed E-state index contributed by atoms with van der Waals surface area (Å²) < 4.78 is 2.13. The minimum absolute atomic E-state index is 0.317. The Morgan fingerprint density at radius 2 is 2.17 bits per heavy atom. The Hall–Kier alpha value is -1.97. The zero-order valence-corrected chi connectivity index (χ0v) is 11.0. The van der Waals surface area contributed by atoms with E-state index in [0.717, 1.165) is 16.9 Å². The normalized spacial score (nSPS) is 10.9. The topological polar surface area (TPSA) is 50.1 Å². The van der Waals surface area contributed by atoms with Crippen molar-refractivity contribution in [2.24, 2.45) is 0 Å². The van der Waals surface area contributed by atoms with Gasteiger partial charge in [0.1, 0.15) is 5.75 Å².